The zero-order valence-electron chi connectivity index (χ0n) is 29.0. The van der Waals surface area contributed by atoms with Crippen LogP contribution in [0.1, 0.15) is 141 Å². The van der Waals surface area contributed by atoms with E-state index in [9.17, 15) is 0 Å². The number of nitrogens with two attached hydrogens (primary N) is 1. The molecule has 0 bridgehead atoms. The van der Waals surface area contributed by atoms with Crippen LogP contribution in [-0.2, 0) is 6.42 Å². The number of hydrogen-bond acceptors (Lipinski definition) is 1. The Morgan fingerprint density at radius 1 is 0.769 bits per heavy atom. The van der Waals surface area contributed by atoms with E-state index in [0.29, 0.717) is 5.92 Å². The summed E-state index contributed by atoms with van der Waals surface area (Å²) in [6, 6.07) is 6.20. The Kier molecular flexibility index (Phi) is 27.9. The lowest BCUT2D eigenvalue weighted by Crippen LogP contribution is -2.00. The van der Waals surface area contributed by atoms with E-state index in [1.54, 1.807) is 5.57 Å². The fraction of sp³-hybridized carbons (Fsp3) is 0.632. The molecule has 1 nitrogen and oxygen atoms in total. The summed E-state index contributed by atoms with van der Waals surface area (Å²) in [5.74, 6) is 3.04. The maximum atomic E-state index is 6.08. The van der Waals surface area contributed by atoms with Crippen molar-refractivity contribution in [3.63, 3.8) is 0 Å². The highest BCUT2D eigenvalue weighted by molar-refractivity contribution is 5.67. The Morgan fingerprint density at radius 3 is 1.67 bits per heavy atom. The van der Waals surface area contributed by atoms with Gasteiger partial charge in [0.25, 0.3) is 0 Å². The van der Waals surface area contributed by atoms with Gasteiger partial charge in [0.15, 0.2) is 0 Å². The minimum absolute atomic E-state index is 0.649. The highest BCUT2D eigenvalue weighted by Crippen LogP contribution is 2.23. The van der Waals surface area contributed by atoms with Gasteiger partial charge in [0.2, 0.25) is 0 Å². The molecule has 1 aromatic carbocycles. The van der Waals surface area contributed by atoms with Crippen molar-refractivity contribution >= 4 is 11.8 Å². The number of rotatable bonds is 11. The quantitative estimate of drug-likeness (QED) is 0.219. The summed E-state index contributed by atoms with van der Waals surface area (Å²) in [7, 11) is 0. The normalized spacial score (nSPS) is 11.0. The minimum atomic E-state index is 0.649. The van der Waals surface area contributed by atoms with E-state index in [2.05, 4.69) is 120 Å². The fourth-order valence-corrected chi connectivity index (χ4v) is 3.64. The molecule has 0 saturated carbocycles. The lowest BCUT2D eigenvalue weighted by atomic mass is 9.93. The third kappa shape index (κ3) is 27.3. The fourth-order valence-electron chi connectivity index (χ4n) is 3.64. The molecule has 0 aliphatic rings. The van der Waals surface area contributed by atoms with Crippen LogP contribution in [0, 0.1) is 23.7 Å². The minimum Gasteiger partial charge on any atom is -0.398 e. The van der Waals surface area contributed by atoms with E-state index in [4.69, 9.17) is 5.73 Å². The molecule has 0 aliphatic carbocycles. The molecular weight excluding hydrogens is 470 g/mol. The number of anilines is 1. The zero-order valence-corrected chi connectivity index (χ0v) is 29.0. The van der Waals surface area contributed by atoms with Crippen molar-refractivity contribution < 1.29 is 0 Å². The van der Waals surface area contributed by atoms with Gasteiger partial charge in [-0.3, -0.25) is 0 Å². The largest absolute Gasteiger partial charge is 0.398 e. The highest BCUT2D eigenvalue weighted by atomic mass is 14.6. The van der Waals surface area contributed by atoms with E-state index in [-0.39, 0.29) is 0 Å². The van der Waals surface area contributed by atoms with E-state index in [1.165, 1.54) is 41.5 Å². The van der Waals surface area contributed by atoms with Gasteiger partial charge in [0.1, 0.15) is 0 Å². The summed E-state index contributed by atoms with van der Waals surface area (Å²) in [5, 5.41) is 0. The van der Waals surface area contributed by atoms with Crippen LogP contribution in [0.25, 0.3) is 6.08 Å². The van der Waals surface area contributed by atoms with Crippen molar-refractivity contribution in [3.05, 3.63) is 70.3 Å². The van der Waals surface area contributed by atoms with Gasteiger partial charge in [-0.05, 0) is 102 Å². The SMILES string of the molecule is C/C=C(\C)C/C=C\c1c(N)cccc1CC(C)C.CC.CC(C)CC=C(CC(C)C)CC(C)C.CC=C(C)C. The summed E-state index contributed by atoms with van der Waals surface area (Å²) in [4.78, 5) is 0. The molecule has 1 aromatic rings. The molecule has 0 heterocycles. The first-order valence-corrected chi connectivity index (χ1v) is 15.7. The first-order chi connectivity index (χ1) is 18.2. The van der Waals surface area contributed by atoms with Crippen LogP contribution in [0.15, 0.2) is 59.2 Å². The number of benzene rings is 1. The lowest BCUT2D eigenvalue weighted by Gasteiger charge is -2.13. The molecule has 0 aromatic heterocycles. The molecule has 0 atom stereocenters. The van der Waals surface area contributed by atoms with Gasteiger partial charge in [0, 0.05) is 11.3 Å². The molecule has 0 fully saturated rings. The van der Waals surface area contributed by atoms with Crippen molar-refractivity contribution in [1.82, 2.24) is 0 Å². The van der Waals surface area contributed by atoms with Crippen molar-refractivity contribution in [2.75, 3.05) is 5.73 Å². The molecular formula is C38H69N. The lowest BCUT2D eigenvalue weighted by molar-refractivity contribution is 0.562. The second kappa shape index (κ2) is 26.2. The molecule has 0 radical (unpaired) electrons. The summed E-state index contributed by atoms with van der Waals surface area (Å²) in [6.45, 7) is 32.7. The standard InChI is InChI=1S/C17H25N.C14H28.C5H10.C2H6/c1-5-14(4)8-6-10-16-15(12-13(2)3)9-7-11-17(16)18;1-11(2)7-8-14(9-12(3)4)10-13(5)6;1-4-5(2)3;1-2/h5-7,9-11,13H,8,12,18H2,1-4H3;8,11-13H,7,9-10H2,1-6H3;4H,1-3H3;1-2H3/b10-6-,14-5+;;;. The van der Waals surface area contributed by atoms with Gasteiger partial charge in [-0.1, -0.05) is 128 Å². The van der Waals surface area contributed by atoms with E-state index in [0.717, 1.165) is 36.3 Å². The number of allylic oxidation sites excluding steroid dienone is 7. The van der Waals surface area contributed by atoms with Crippen LogP contribution in [0.2, 0.25) is 0 Å². The molecule has 2 N–H and O–H groups in total. The summed E-state index contributed by atoms with van der Waals surface area (Å²) >= 11 is 0. The molecule has 0 saturated heterocycles. The van der Waals surface area contributed by atoms with E-state index >= 15 is 0 Å². The molecule has 0 amide bonds. The smallest absolute Gasteiger partial charge is 0.0390 e. The molecule has 39 heavy (non-hydrogen) atoms. The van der Waals surface area contributed by atoms with Gasteiger partial charge < -0.3 is 5.73 Å². The van der Waals surface area contributed by atoms with Crippen LogP contribution >= 0.6 is 0 Å². The molecule has 226 valence electrons. The Morgan fingerprint density at radius 2 is 1.28 bits per heavy atom. The van der Waals surface area contributed by atoms with Crippen LogP contribution < -0.4 is 5.73 Å². The second-order valence-electron chi connectivity index (χ2n) is 12.3. The van der Waals surface area contributed by atoms with Crippen molar-refractivity contribution in [1.29, 1.82) is 0 Å². The summed E-state index contributed by atoms with van der Waals surface area (Å²) < 4.78 is 0. The maximum absolute atomic E-state index is 6.08. The van der Waals surface area contributed by atoms with Crippen molar-refractivity contribution in [3.8, 4) is 0 Å². The second-order valence-corrected chi connectivity index (χ2v) is 12.3. The summed E-state index contributed by atoms with van der Waals surface area (Å²) in [6.07, 6.45) is 17.0. The predicted molar refractivity (Wildman–Crippen MR) is 185 cm³/mol. The number of nitrogen functional groups attached to an aromatic ring is 1. The van der Waals surface area contributed by atoms with Gasteiger partial charge in [0.05, 0.1) is 0 Å². The van der Waals surface area contributed by atoms with Gasteiger partial charge in [-0.2, -0.15) is 0 Å². The summed E-state index contributed by atoms with van der Waals surface area (Å²) in [5.41, 5.74) is 13.9. The van der Waals surface area contributed by atoms with Crippen molar-refractivity contribution in [2.24, 2.45) is 23.7 Å². The first-order valence-electron chi connectivity index (χ1n) is 15.7. The Labute approximate surface area is 247 Å². The zero-order chi connectivity index (χ0) is 31.0. The molecule has 0 unspecified atom stereocenters. The average molecular weight is 540 g/mol. The Hall–Kier alpha value is -2.02. The first kappa shape index (κ1) is 41.5. The van der Waals surface area contributed by atoms with E-state index in [1.807, 2.05) is 32.9 Å². The van der Waals surface area contributed by atoms with Crippen LogP contribution in [-0.4, -0.2) is 0 Å². The number of hydrogen-bond donors (Lipinski definition) is 1. The average Bonchev–Trinajstić information content (AvgIpc) is 2.85. The predicted octanol–water partition coefficient (Wildman–Crippen LogP) is 12.9. The Bertz CT molecular complexity index is 812. The van der Waals surface area contributed by atoms with Gasteiger partial charge in [-0.15, -0.1) is 0 Å². The molecule has 0 aliphatic heterocycles. The van der Waals surface area contributed by atoms with Crippen LogP contribution in [0.5, 0.6) is 0 Å². The molecule has 1 rings (SSSR count). The van der Waals surface area contributed by atoms with Crippen molar-refractivity contribution in [2.45, 2.75) is 136 Å². The third-order valence-electron chi connectivity index (χ3n) is 5.87. The highest BCUT2D eigenvalue weighted by Gasteiger charge is 2.06. The topological polar surface area (TPSA) is 26.0 Å². The third-order valence-corrected chi connectivity index (χ3v) is 5.87. The van der Waals surface area contributed by atoms with Crippen LogP contribution in [0.4, 0.5) is 5.69 Å². The Balaban J connectivity index is -0.000000548. The molecule has 0 spiro atoms. The van der Waals surface area contributed by atoms with Gasteiger partial charge in [-0.25, -0.2) is 0 Å². The molecule has 1 heteroatoms. The maximum Gasteiger partial charge on any atom is 0.0390 e. The monoisotopic (exact) mass is 540 g/mol. The van der Waals surface area contributed by atoms with Gasteiger partial charge >= 0.3 is 0 Å². The van der Waals surface area contributed by atoms with Crippen LogP contribution in [0.3, 0.4) is 0 Å². The van der Waals surface area contributed by atoms with E-state index < -0.39 is 0 Å².